The van der Waals surface area contributed by atoms with Gasteiger partial charge in [0, 0.05) is 23.0 Å². The first kappa shape index (κ1) is 16.1. The largest absolute Gasteiger partial charge is 0.369 e. The first-order valence-electron chi connectivity index (χ1n) is 6.99. The topological polar surface area (TPSA) is 37.8 Å². The Bertz CT molecular complexity index is 610. The number of hydrogen-bond acceptors (Lipinski definition) is 3. The zero-order chi connectivity index (χ0) is 15.4. The van der Waals surface area contributed by atoms with E-state index in [9.17, 15) is 0 Å². The Morgan fingerprint density at radius 2 is 1.76 bits per heavy atom. The smallest absolute Gasteiger partial charge is 0.137 e. The molecule has 0 unspecified atom stereocenters. The Balaban J connectivity index is 2.04. The van der Waals surface area contributed by atoms with Crippen LogP contribution in [0.15, 0.2) is 24.3 Å². The summed E-state index contributed by atoms with van der Waals surface area (Å²) in [4.78, 5) is 8.86. The summed E-state index contributed by atoms with van der Waals surface area (Å²) < 4.78 is 0. The maximum Gasteiger partial charge on any atom is 0.137 e. The van der Waals surface area contributed by atoms with Gasteiger partial charge < -0.3 is 5.32 Å². The van der Waals surface area contributed by atoms with Crippen molar-refractivity contribution in [2.75, 3.05) is 11.9 Å². The second-order valence-electron chi connectivity index (χ2n) is 5.30. The van der Waals surface area contributed by atoms with Gasteiger partial charge in [-0.05, 0) is 31.0 Å². The van der Waals surface area contributed by atoms with Crippen LogP contribution in [0.4, 0.5) is 5.82 Å². The summed E-state index contributed by atoms with van der Waals surface area (Å²) in [6, 6.07) is 7.87. The third-order valence-corrected chi connectivity index (χ3v) is 3.86. The van der Waals surface area contributed by atoms with Gasteiger partial charge in [0.25, 0.3) is 0 Å². The van der Waals surface area contributed by atoms with E-state index >= 15 is 0 Å². The highest BCUT2D eigenvalue weighted by atomic mass is 35.5. The monoisotopic (exact) mass is 323 g/mol. The van der Waals surface area contributed by atoms with Crippen molar-refractivity contribution in [2.24, 2.45) is 0 Å². The van der Waals surface area contributed by atoms with Crippen molar-refractivity contribution in [3.63, 3.8) is 0 Å². The SMILES string of the molecule is Cc1c(Cl)nc(C(C)C)nc1NCCc1ccc(Cl)cc1. The number of nitrogens with zero attached hydrogens (tertiary/aromatic N) is 2. The fourth-order valence-corrected chi connectivity index (χ4v) is 2.21. The molecule has 1 N–H and O–H groups in total. The lowest BCUT2D eigenvalue weighted by molar-refractivity contribution is 0.771. The molecule has 0 fully saturated rings. The summed E-state index contributed by atoms with van der Waals surface area (Å²) in [5.41, 5.74) is 2.12. The highest BCUT2D eigenvalue weighted by Crippen LogP contribution is 2.22. The van der Waals surface area contributed by atoms with Gasteiger partial charge in [-0.3, -0.25) is 0 Å². The van der Waals surface area contributed by atoms with Crippen molar-refractivity contribution in [3.05, 3.63) is 51.4 Å². The summed E-state index contributed by atoms with van der Waals surface area (Å²) in [6.07, 6.45) is 0.898. The standard InChI is InChI=1S/C16H19Cl2N3/c1-10(2)15-20-14(18)11(3)16(21-15)19-9-8-12-4-6-13(17)7-5-12/h4-7,10H,8-9H2,1-3H3,(H,19,20,21). The maximum absolute atomic E-state index is 6.17. The molecule has 0 saturated heterocycles. The fraction of sp³-hybridized carbons (Fsp3) is 0.375. The third kappa shape index (κ3) is 4.32. The predicted octanol–water partition coefficient (Wildman–Crippen LogP) is 4.87. The van der Waals surface area contributed by atoms with Crippen molar-refractivity contribution >= 4 is 29.0 Å². The van der Waals surface area contributed by atoms with Crippen LogP contribution in [-0.2, 0) is 6.42 Å². The van der Waals surface area contributed by atoms with Crippen molar-refractivity contribution in [2.45, 2.75) is 33.1 Å². The molecule has 0 saturated carbocycles. The lowest BCUT2D eigenvalue weighted by Gasteiger charge is -2.13. The van der Waals surface area contributed by atoms with Crippen LogP contribution < -0.4 is 5.32 Å². The highest BCUT2D eigenvalue weighted by molar-refractivity contribution is 6.30. The quantitative estimate of drug-likeness (QED) is 0.797. The van der Waals surface area contributed by atoms with Crippen LogP contribution >= 0.6 is 23.2 Å². The summed E-state index contributed by atoms with van der Waals surface area (Å²) in [5, 5.41) is 4.62. The minimum absolute atomic E-state index is 0.250. The van der Waals surface area contributed by atoms with Gasteiger partial charge in [0.2, 0.25) is 0 Å². The molecule has 21 heavy (non-hydrogen) atoms. The van der Waals surface area contributed by atoms with Gasteiger partial charge >= 0.3 is 0 Å². The minimum Gasteiger partial charge on any atom is -0.369 e. The van der Waals surface area contributed by atoms with Crippen LogP contribution in [0.1, 0.15) is 36.7 Å². The van der Waals surface area contributed by atoms with Crippen molar-refractivity contribution in [3.8, 4) is 0 Å². The molecule has 0 aliphatic heterocycles. The van der Waals surface area contributed by atoms with E-state index in [2.05, 4.69) is 29.1 Å². The van der Waals surface area contributed by atoms with Crippen LogP contribution in [-0.4, -0.2) is 16.5 Å². The number of aromatic nitrogens is 2. The summed E-state index contributed by atoms with van der Waals surface area (Å²) in [7, 11) is 0. The minimum atomic E-state index is 0.250. The molecule has 0 aliphatic carbocycles. The van der Waals surface area contributed by atoms with Crippen LogP contribution in [0.25, 0.3) is 0 Å². The van der Waals surface area contributed by atoms with E-state index in [1.54, 1.807) is 0 Å². The average Bonchev–Trinajstić information content (AvgIpc) is 2.45. The molecule has 112 valence electrons. The summed E-state index contributed by atoms with van der Waals surface area (Å²) >= 11 is 12.1. The molecule has 1 aromatic heterocycles. The van der Waals surface area contributed by atoms with Crippen molar-refractivity contribution in [1.82, 2.24) is 9.97 Å². The molecule has 1 aromatic carbocycles. The molecule has 0 spiro atoms. The number of halogens is 2. The van der Waals surface area contributed by atoms with Gasteiger partial charge in [-0.2, -0.15) is 0 Å². The molecule has 0 atom stereocenters. The Morgan fingerprint density at radius 3 is 2.38 bits per heavy atom. The zero-order valence-electron chi connectivity index (χ0n) is 12.5. The van der Waals surface area contributed by atoms with Gasteiger partial charge in [0.05, 0.1) is 0 Å². The number of rotatable bonds is 5. The lowest BCUT2D eigenvalue weighted by Crippen LogP contribution is -2.11. The normalized spacial score (nSPS) is 11.0. The van der Waals surface area contributed by atoms with E-state index in [4.69, 9.17) is 23.2 Å². The second-order valence-corrected chi connectivity index (χ2v) is 6.10. The molecular formula is C16H19Cl2N3. The Hall–Kier alpha value is -1.32. The van der Waals surface area contributed by atoms with E-state index in [1.807, 2.05) is 31.2 Å². The third-order valence-electron chi connectivity index (χ3n) is 3.24. The Kier molecular flexibility index (Phi) is 5.43. The van der Waals surface area contributed by atoms with Crippen molar-refractivity contribution < 1.29 is 0 Å². The first-order chi connectivity index (χ1) is 9.97. The molecule has 2 aromatic rings. The van der Waals surface area contributed by atoms with E-state index in [1.165, 1.54) is 5.56 Å². The second kappa shape index (κ2) is 7.10. The van der Waals surface area contributed by atoms with Gasteiger partial charge in [-0.1, -0.05) is 49.2 Å². The average molecular weight is 324 g/mol. The Morgan fingerprint density at radius 1 is 1.10 bits per heavy atom. The van der Waals surface area contributed by atoms with Crippen LogP contribution in [0, 0.1) is 6.92 Å². The molecular weight excluding hydrogens is 305 g/mol. The molecule has 0 amide bonds. The number of benzene rings is 1. The van der Waals surface area contributed by atoms with E-state index in [0.29, 0.717) is 5.15 Å². The molecule has 0 radical (unpaired) electrons. The van der Waals surface area contributed by atoms with Crippen LogP contribution in [0.2, 0.25) is 10.2 Å². The molecule has 3 nitrogen and oxygen atoms in total. The molecule has 2 rings (SSSR count). The first-order valence-corrected chi connectivity index (χ1v) is 7.75. The number of anilines is 1. The van der Waals surface area contributed by atoms with Gasteiger partial charge in [-0.25, -0.2) is 9.97 Å². The van der Waals surface area contributed by atoms with E-state index in [0.717, 1.165) is 35.2 Å². The molecule has 5 heteroatoms. The van der Waals surface area contributed by atoms with Gasteiger partial charge in [0.1, 0.15) is 16.8 Å². The van der Waals surface area contributed by atoms with Crippen LogP contribution in [0.5, 0.6) is 0 Å². The lowest BCUT2D eigenvalue weighted by atomic mass is 10.1. The van der Waals surface area contributed by atoms with Gasteiger partial charge in [0.15, 0.2) is 0 Å². The number of hydrogen-bond donors (Lipinski definition) is 1. The molecule has 1 heterocycles. The summed E-state index contributed by atoms with van der Waals surface area (Å²) in [6.45, 7) is 6.82. The molecule has 0 bridgehead atoms. The van der Waals surface area contributed by atoms with E-state index in [-0.39, 0.29) is 5.92 Å². The zero-order valence-corrected chi connectivity index (χ0v) is 14.0. The predicted molar refractivity (Wildman–Crippen MR) is 89.5 cm³/mol. The fourth-order valence-electron chi connectivity index (χ4n) is 1.91. The van der Waals surface area contributed by atoms with Crippen LogP contribution in [0.3, 0.4) is 0 Å². The number of nitrogens with one attached hydrogen (secondary N) is 1. The maximum atomic E-state index is 6.17. The van der Waals surface area contributed by atoms with Gasteiger partial charge in [-0.15, -0.1) is 0 Å². The summed E-state index contributed by atoms with van der Waals surface area (Å²) in [5.74, 6) is 1.83. The van der Waals surface area contributed by atoms with E-state index < -0.39 is 0 Å². The highest BCUT2D eigenvalue weighted by Gasteiger charge is 2.11. The van der Waals surface area contributed by atoms with Crippen molar-refractivity contribution in [1.29, 1.82) is 0 Å². The molecule has 0 aliphatic rings. The Labute approximate surface area is 135 Å².